The number of nitrogens with zero attached hydrogens (tertiary/aromatic N) is 1. The van der Waals surface area contributed by atoms with Crippen LogP contribution in [0.15, 0.2) is 42.6 Å². The molecule has 25 heavy (non-hydrogen) atoms. The van der Waals surface area contributed by atoms with E-state index >= 15 is 0 Å². The molecular weight excluding hydrogens is 320 g/mol. The van der Waals surface area contributed by atoms with Gasteiger partial charge in [-0.3, -0.25) is 9.78 Å². The number of carboxylic acids is 1. The van der Waals surface area contributed by atoms with Crippen molar-refractivity contribution in [3.8, 4) is 5.75 Å². The molecule has 130 valence electrons. The van der Waals surface area contributed by atoms with Crippen LogP contribution in [0, 0.1) is 12.8 Å². The molecule has 0 spiro atoms. The number of carbonyl (C=O) groups excluding carboxylic acids is 1. The number of aromatic nitrogens is 1. The second-order valence-corrected chi connectivity index (χ2v) is 6.25. The van der Waals surface area contributed by atoms with Gasteiger partial charge in [0.15, 0.2) is 0 Å². The van der Waals surface area contributed by atoms with Gasteiger partial charge in [-0.2, -0.15) is 0 Å². The number of hydrogen-bond donors (Lipinski definition) is 2. The third kappa shape index (κ3) is 4.56. The highest BCUT2D eigenvalue weighted by molar-refractivity contribution is 5.96. The normalized spacial score (nSPS) is 14.6. The number of pyridine rings is 1. The predicted molar refractivity (Wildman–Crippen MR) is 91.4 cm³/mol. The molecule has 1 aromatic carbocycles. The first kappa shape index (κ1) is 17.0. The summed E-state index contributed by atoms with van der Waals surface area (Å²) in [6.45, 7) is 2.20. The molecule has 3 rings (SSSR count). The summed E-state index contributed by atoms with van der Waals surface area (Å²) in [6, 6.07) is 9.88. The fraction of sp³-hybridized carbons (Fsp3) is 0.316. The summed E-state index contributed by atoms with van der Waals surface area (Å²) in [5.74, 6) is -0.664. The van der Waals surface area contributed by atoms with Crippen LogP contribution in [0.3, 0.4) is 0 Å². The molecule has 1 aliphatic carbocycles. The van der Waals surface area contributed by atoms with E-state index in [1.165, 1.54) is 0 Å². The molecule has 2 aromatic rings. The predicted octanol–water partition coefficient (Wildman–Crippen LogP) is 2.56. The first-order valence-electron chi connectivity index (χ1n) is 8.21. The van der Waals surface area contributed by atoms with E-state index in [0.717, 1.165) is 24.1 Å². The van der Waals surface area contributed by atoms with E-state index in [-0.39, 0.29) is 11.8 Å². The molecular formula is C19H20N2O4. The molecule has 1 saturated carbocycles. The quantitative estimate of drug-likeness (QED) is 0.809. The summed E-state index contributed by atoms with van der Waals surface area (Å²) in [6.07, 6.45) is 3.34. The van der Waals surface area contributed by atoms with Gasteiger partial charge < -0.3 is 15.2 Å². The van der Waals surface area contributed by atoms with Gasteiger partial charge in [-0.15, -0.1) is 0 Å². The van der Waals surface area contributed by atoms with Gasteiger partial charge in [0, 0.05) is 11.3 Å². The van der Waals surface area contributed by atoms with Crippen LogP contribution < -0.4 is 10.1 Å². The maximum Gasteiger partial charge on any atom is 0.326 e. The Balaban J connectivity index is 1.63. The minimum Gasteiger partial charge on any atom is -0.487 e. The number of carbonyl (C=O) groups is 2. The van der Waals surface area contributed by atoms with Crippen LogP contribution in [0.1, 0.15) is 34.5 Å². The van der Waals surface area contributed by atoms with Crippen LogP contribution >= 0.6 is 0 Å². The highest BCUT2D eigenvalue weighted by Gasteiger charge is 2.37. The smallest absolute Gasteiger partial charge is 0.326 e. The number of hydrogen-bond acceptors (Lipinski definition) is 4. The molecule has 0 radical (unpaired) electrons. The van der Waals surface area contributed by atoms with E-state index in [4.69, 9.17) is 4.74 Å². The first-order chi connectivity index (χ1) is 12.0. The zero-order chi connectivity index (χ0) is 17.8. The molecule has 1 amide bonds. The lowest BCUT2D eigenvalue weighted by atomic mass is 10.1. The molecule has 1 fully saturated rings. The summed E-state index contributed by atoms with van der Waals surface area (Å²) in [4.78, 5) is 27.8. The Bertz CT molecular complexity index is 769. The average molecular weight is 340 g/mol. The van der Waals surface area contributed by atoms with Crippen molar-refractivity contribution in [1.29, 1.82) is 0 Å². The lowest BCUT2D eigenvalue weighted by Gasteiger charge is -2.14. The Kier molecular flexibility index (Phi) is 4.97. The van der Waals surface area contributed by atoms with Crippen molar-refractivity contribution >= 4 is 11.9 Å². The van der Waals surface area contributed by atoms with E-state index in [1.54, 1.807) is 24.4 Å². The largest absolute Gasteiger partial charge is 0.487 e. The first-order valence-corrected chi connectivity index (χ1v) is 8.21. The zero-order valence-electron chi connectivity index (χ0n) is 13.9. The number of rotatable bonds is 7. The summed E-state index contributed by atoms with van der Waals surface area (Å²) < 4.78 is 5.66. The van der Waals surface area contributed by atoms with Crippen LogP contribution in [-0.4, -0.2) is 28.0 Å². The summed E-state index contributed by atoms with van der Waals surface area (Å²) in [5.41, 5.74) is 2.16. The van der Waals surface area contributed by atoms with Crippen molar-refractivity contribution < 1.29 is 19.4 Å². The second kappa shape index (κ2) is 7.34. The summed E-state index contributed by atoms with van der Waals surface area (Å²) >= 11 is 0. The van der Waals surface area contributed by atoms with Crippen molar-refractivity contribution in [2.24, 2.45) is 5.92 Å². The minimum atomic E-state index is -0.984. The van der Waals surface area contributed by atoms with Gasteiger partial charge in [0.05, 0.1) is 6.20 Å². The van der Waals surface area contributed by atoms with E-state index < -0.39 is 12.0 Å². The Morgan fingerprint density at radius 2 is 2.12 bits per heavy atom. The van der Waals surface area contributed by atoms with E-state index in [0.29, 0.717) is 17.9 Å². The third-order valence-electron chi connectivity index (χ3n) is 4.12. The van der Waals surface area contributed by atoms with E-state index in [1.807, 2.05) is 25.1 Å². The number of nitrogens with one attached hydrogen (secondary N) is 1. The van der Waals surface area contributed by atoms with Crippen LogP contribution in [-0.2, 0) is 11.4 Å². The monoisotopic (exact) mass is 340 g/mol. The zero-order valence-corrected chi connectivity index (χ0v) is 13.9. The lowest BCUT2D eigenvalue weighted by Crippen LogP contribution is -2.42. The molecule has 0 aliphatic heterocycles. The Morgan fingerprint density at radius 1 is 1.32 bits per heavy atom. The van der Waals surface area contributed by atoms with Gasteiger partial charge in [0.2, 0.25) is 0 Å². The van der Waals surface area contributed by atoms with Crippen LogP contribution in [0.2, 0.25) is 0 Å². The van der Waals surface area contributed by atoms with Gasteiger partial charge >= 0.3 is 5.97 Å². The van der Waals surface area contributed by atoms with Crippen molar-refractivity contribution in [3.63, 3.8) is 0 Å². The van der Waals surface area contributed by atoms with E-state index in [9.17, 15) is 14.7 Å². The number of amides is 1. The topological polar surface area (TPSA) is 88.5 Å². The number of aryl methyl sites for hydroxylation is 1. The van der Waals surface area contributed by atoms with Gasteiger partial charge in [0.1, 0.15) is 18.4 Å². The van der Waals surface area contributed by atoms with Crippen molar-refractivity contribution in [1.82, 2.24) is 10.3 Å². The lowest BCUT2D eigenvalue weighted by molar-refractivity contribution is -0.139. The highest BCUT2D eigenvalue weighted by Crippen LogP contribution is 2.32. The number of benzene rings is 1. The molecule has 1 aliphatic rings. The number of aliphatic carboxylic acids is 1. The number of ether oxygens (including phenoxy) is 1. The molecule has 2 N–H and O–H groups in total. The Morgan fingerprint density at radius 3 is 2.76 bits per heavy atom. The molecule has 1 aromatic heterocycles. The SMILES string of the molecule is Cc1ccc(OCc2cccc(C(=O)NC(C(=O)O)C3CC3)c2)cn1. The fourth-order valence-corrected chi connectivity index (χ4v) is 2.54. The second-order valence-electron chi connectivity index (χ2n) is 6.25. The standard InChI is InChI=1S/C19H20N2O4/c1-12-5-8-16(10-20-12)25-11-13-3-2-4-15(9-13)18(22)21-17(19(23)24)14-6-7-14/h2-5,8-10,14,17H,6-7,11H2,1H3,(H,21,22)(H,23,24). The fourth-order valence-electron chi connectivity index (χ4n) is 2.54. The molecule has 6 heteroatoms. The molecule has 0 saturated heterocycles. The minimum absolute atomic E-state index is 0.0435. The van der Waals surface area contributed by atoms with Gasteiger partial charge in [-0.1, -0.05) is 12.1 Å². The highest BCUT2D eigenvalue weighted by atomic mass is 16.5. The van der Waals surface area contributed by atoms with Crippen LogP contribution in [0.25, 0.3) is 0 Å². The molecule has 1 unspecified atom stereocenters. The molecule has 6 nitrogen and oxygen atoms in total. The van der Waals surface area contributed by atoms with Crippen molar-refractivity contribution in [2.45, 2.75) is 32.4 Å². The third-order valence-corrected chi connectivity index (χ3v) is 4.12. The number of carboxylic acid groups (broad SMARTS) is 1. The summed E-state index contributed by atoms with van der Waals surface area (Å²) in [5, 5.41) is 11.8. The molecule has 1 heterocycles. The van der Waals surface area contributed by atoms with Crippen LogP contribution in [0.5, 0.6) is 5.75 Å². The molecule has 1 atom stereocenters. The van der Waals surface area contributed by atoms with Gasteiger partial charge in [-0.25, -0.2) is 4.79 Å². The van der Waals surface area contributed by atoms with Gasteiger partial charge in [0.25, 0.3) is 5.91 Å². The Hall–Kier alpha value is -2.89. The maximum absolute atomic E-state index is 12.3. The van der Waals surface area contributed by atoms with Crippen molar-refractivity contribution in [2.75, 3.05) is 0 Å². The maximum atomic E-state index is 12.3. The van der Waals surface area contributed by atoms with Gasteiger partial charge in [-0.05, 0) is 55.5 Å². The average Bonchev–Trinajstić information content (AvgIpc) is 3.44. The van der Waals surface area contributed by atoms with Crippen LogP contribution in [0.4, 0.5) is 0 Å². The Labute approximate surface area is 145 Å². The van der Waals surface area contributed by atoms with Crippen molar-refractivity contribution in [3.05, 3.63) is 59.4 Å². The summed E-state index contributed by atoms with van der Waals surface area (Å²) in [7, 11) is 0. The molecule has 0 bridgehead atoms. The van der Waals surface area contributed by atoms with E-state index in [2.05, 4.69) is 10.3 Å².